The van der Waals surface area contributed by atoms with Crippen LogP contribution in [0, 0.1) is 5.92 Å². The molecule has 1 saturated heterocycles. The molecule has 3 aliphatic rings. The Balaban J connectivity index is 1.32. The fraction of sp³-hybridized carbons (Fsp3) is 0.462. The van der Waals surface area contributed by atoms with Crippen molar-refractivity contribution in [3.05, 3.63) is 42.0 Å². The standard InChI is InChI=1S/C26H31N3O7S/c1-17-7-9-28(10-8-17)37(32,33)20-4-6-22-21(14-20)29(26(31)16-36-22)15-25(30)27-18(2)19-3-5-23-24(13-19)35-12-11-34-23/h3-6,13-14,17-18H,7-12,15-16H2,1-2H3,(H,27,30). The summed E-state index contributed by atoms with van der Waals surface area (Å²) in [6, 6.07) is 9.59. The van der Waals surface area contributed by atoms with Crippen LogP contribution in [0.4, 0.5) is 5.69 Å². The first-order chi connectivity index (χ1) is 17.7. The monoisotopic (exact) mass is 529 g/mol. The van der Waals surface area contributed by atoms with E-state index in [1.807, 2.05) is 19.1 Å². The van der Waals surface area contributed by atoms with E-state index in [2.05, 4.69) is 12.2 Å². The van der Waals surface area contributed by atoms with E-state index in [4.69, 9.17) is 14.2 Å². The number of hydrogen-bond acceptors (Lipinski definition) is 7. The minimum Gasteiger partial charge on any atom is -0.486 e. The molecule has 5 rings (SSSR count). The SMILES string of the molecule is CC1CCN(S(=O)(=O)c2ccc3c(c2)N(CC(=O)NC(C)c2ccc4c(c2)OCCO4)C(=O)CO3)CC1. The fourth-order valence-corrected chi connectivity index (χ4v) is 6.22. The van der Waals surface area contributed by atoms with E-state index in [9.17, 15) is 18.0 Å². The summed E-state index contributed by atoms with van der Waals surface area (Å²) in [4.78, 5) is 27.1. The van der Waals surface area contributed by atoms with Gasteiger partial charge in [-0.1, -0.05) is 13.0 Å². The van der Waals surface area contributed by atoms with Crippen molar-refractivity contribution in [1.29, 1.82) is 0 Å². The molecule has 10 nitrogen and oxygen atoms in total. The van der Waals surface area contributed by atoms with Crippen LogP contribution in [0.2, 0.25) is 0 Å². The molecule has 3 aliphatic heterocycles. The first kappa shape index (κ1) is 25.3. The van der Waals surface area contributed by atoms with Gasteiger partial charge in [-0.2, -0.15) is 4.31 Å². The predicted octanol–water partition coefficient (Wildman–Crippen LogP) is 2.48. The number of nitrogens with zero attached hydrogens (tertiary/aromatic N) is 2. The number of carbonyl (C=O) groups excluding carboxylic acids is 2. The van der Waals surface area contributed by atoms with Crippen molar-refractivity contribution in [2.45, 2.75) is 37.6 Å². The third-order valence-electron chi connectivity index (χ3n) is 7.00. The highest BCUT2D eigenvalue weighted by Gasteiger charge is 2.32. The van der Waals surface area contributed by atoms with Crippen LogP contribution in [-0.4, -0.2) is 64.0 Å². The lowest BCUT2D eigenvalue weighted by Gasteiger charge is -2.32. The summed E-state index contributed by atoms with van der Waals surface area (Å²) in [6.07, 6.45) is 1.61. The van der Waals surface area contributed by atoms with Gasteiger partial charge in [0.2, 0.25) is 15.9 Å². The molecule has 0 radical (unpaired) electrons. The Morgan fingerprint density at radius 3 is 2.49 bits per heavy atom. The van der Waals surface area contributed by atoms with E-state index < -0.39 is 15.9 Å². The zero-order valence-corrected chi connectivity index (χ0v) is 21.8. The number of sulfonamides is 1. The maximum absolute atomic E-state index is 13.3. The van der Waals surface area contributed by atoms with Crippen LogP contribution in [0.1, 0.15) is 38.3 Å². The number of benzene rings is 2. The summed E-state index contributed by atoms with van der Waals surface area (Å²) in [5, 5.41) is 2.91. The number of fused-ring (bicyclic) bond motifs is 2. The minimum atomic E-state index is -3.73. The van der Waals surface area contributed by atoms with Crippen LogP contribution in [-0.2, 0) is 19.6 Å². The Morgan fingerprint density at radius 1 is 1.03 bits per heavy atom. The molecular weight excluding hydrogens is 498 g/mol. The average Bonchev–Trinajstić information content (AvgIpc) is 2.90. The number of amides is 2. The second-order valence-electron chi connectivity index (χ2n) is 9.68. The van der Waals surface area contributed by atoms with Crippen LogP contribution in [0.3, 0.4) is 0 Å². The van der Waals surface area contributed by atoms with Crippen molar-refractivity contribution in [2.24, 2.45) is 5.92 Å². The molecule has 1 unspecified atom stereocenters. The largest absolute Gasteiger partial charge is 0.486 e. The molecule has 0 bridgehead atoms. The maximum Gasteiger partial charge on any atom is 0.265 e. The molecule has 0 saturated carbocycles. The van der Waals surface area contributed by atoms with E-state index in [0.717, 1.165) is 18.4 Å². The van der Waals surface area contributed by atoms with Gasteiger partial charge in [-0.05, 0) is 61.6 Å². The van der Waals surface area contributed by atoms with Gasteiger partial charge in [0.15, 0.2) is 18.1 Å². The molecule has 198 valence electrons. The highest BCUT2D eigenvalue weighted by molar-refractivity contribution is 7.89. The molecule has 1 fully saturated rings. The molecule has 2 aromatic rings. The zero-order valence-electron chi connectivity index (χ0n) is 20.9. The first-order valence-corrected chi connectivity index (χ1v) is 13.9. The summed E-state index contributed by atoms with van der Waals surface area (Å²) >= 11 is 0. The predicted molar refractivity (Wildman–Crippen MR) is 135 cm³/mol. The molecule has 2 amide bonds. The third-order valence-corrected chi connectivity index (χ3v) is 8.89. The molecule has 2 aromatic carbocycles. The molecule has 1 N–H and O–H groups in total. The molecule has 3 heterocycles. The van der Waals surface area contributed by atoms with Crippen LogP contribution in [0.25, 0.3) is 0 Å². The number of carbonyl (C=O) groups is 2. The third kappa shape index (κ3) is 5.24. The van der Waals surface area contributed by atoms with Crippen molar-refractivity contribution < 1.29 is 32.2 Å². The Labute approximate surface area is 216 Å². The molecule has 0 aliphatic carbocycles. The van der Waals surface area contributed by atoms with Gasteiger partial charge < -0.3 is 19.5 Å². The van der Waals surface area contributed by atoms with E-state index in [1.165, 1.54) is 21.3 Å². The van der Waals surface area contributed by atoms with Gasteiger partial charge >= 0.3 is 0 Å². The van der Waals surface area contributed by atoms with Crippen LogP contribution < -0.4 is 24.4 Å². The van der Waals surface area contributed by atoms with Gasteiger partial charge in [-0.25, -0.2) is 8.42 Å². The smallest absolute Gasteiger partial charge is 0.265 e. The number of piperidine rings is 1. The number of hydrogen-bond donors (Lipinski definition) is 1. The number of ether oxygens (including phenoxy) is 3. The van der Waals surface area contributed by atoms with Crippen molar-refractivity contribution >= 4 is 27.5 Å². The molecule has 37 heavy (non-hydrogen) atoms. The van der Waals surface area contributed by atoms with Gasteiger partial charge in [-0.15, -0.1) is 0 Å². The Hall–Kier alpha value is -3.31. The van der Waals surface area contributed by atoms with E-state index in [1.54, 1.807) is 12.1 Å². The van der Waals surface area contributed by atoms with Crippen molar-refractivity contribution in [3.63, 3.8) is 0 Å². The van der Waals surface area contributed by atoms with Gasteiger partial charge in [0, 0.05) is 13.1 Å². The van der Waals surface area contributed by atoms with Crippen molar-refractivity contribution in [1.82, 2.24) is 9.62 Å². The van der Waals surface area contributed by atoms with E-state index in [-0.39, 0.29) is 35.7 Å². The topological polar surface area (TPSA) is 114 Å². The molecular formula is C26H31N3O7S. The van der Waals surface area contributed by atoms with Gasteiger partial charge in [-0.3, -0.25) is 14.5 Å². The molecule has 1 atom stereocenters. The first-order valence-electron chi connectivity index (χ1n) is 12.5. The quantitative estimate of drug-likeness (QED) is 0.612. The lowest BCUT2D eigenvalue weighted by atomic mass is 10.0. The van der Waals surface area contributed by atoms with Crippen LogP contribution in [0.5, 0.6) is 17.2 Å². The summed E-state index contributed by atoms with van der Waals surface area (Å²) in [5.41, 5.74) is 1.10. The van der Waals surface area contributed by atoms with Gasteiger partial charge in [0.1, 0.15) is 25.5 Å². The highest BCUT2D eigenvalue weighted by atomic mass is 32.2. The summed E-state index contributed by atoms with van der Waals surface area (Å²) in [6.45, 7) is 5.33. The second-order valence-corrected chi connectivity index (χ2v) is 11.6. The van der Waals surface area contributed by atoms with Gasteiger partial charge in [0.25, 0.3) is 5.91 Å². The Bertz CT molecular complexity index is 1310. The summed E-state index contributed by atoms with van der Waals surface area (Å²) in [5.74, 6) is 1.32. The van der Waals surface area contributed by atoms with E-state index in [0.29, 0.717) is 49.5 Å². The maximum atomic E-state index is 13.3. The fourth-order valence-electron chi connectivity index (χ4n) is 4.73. The Morgan fingerprint density at radius 2 is 1.73 bits per heavy atom. The van der Waals surface area contributed by atoms with Gasteiger partial charge in [0.05, 0.1) is 16.6 Å². The number of anilines is 1. The lowest BCUT2D eigenvalue weighted by molar-refractivity contribution is -0.125. The minimum absolute atomic E-state index is 0.0779. The second kappa shape index (κ2) is 10.2. The Kier molecular flexibility index (Phi) is 7.00. The normalized spacial score (nSPS) is 19.1. The summed E-state index contributed by atoms with van der Waals surface area (Å²) in [7, 11) is -3.73. The van der Waals surface area contributed by atoms with Crippen LogP contribution >= 0.6 is 0 Å². The van der Waals surface area contributed by atoms with Crippen molar-refractivity contribution in [3.8, 4) is 17.2 Å². The molecule has 0 spiro atoms. The molecule has 11 heteroatoms. The zero-order chi connectivity index (χ0) is 26.2. The molecule has 0 aromatic heterocycles. The number of nitrogens with one attached hydrogen (secondary N) is 1. The highest BCUT2D eigenvalue weighted by Crippen LogP contribution is 2.36. The van der Waals surface area contributed by atoms with E-state index >= 15 is 0 Å². The summed E-state index contributed by atoms with van der Waals surface area (Å²) < 4.78 is 44.7. The lowest BCUT2D eigenvalue weighted by Crippen LogP contribution is -2.45. The number of rotatable bonds is 6. The van der Waals surface area contributed by atoms with Crippen molar-refractivity contribution in [2.75, 3.05) is 44.4 Å². The average molecular weight is 530 g/mol. The van der Waals surface area contributed by atoms with Crippen LogP contribution in [0.15, 0.2) is 41.3 Å².